The van der Waals surface area contributed by atoms with Crippen molar-refractivity contribution in [3.8, 4) is 0 Å². The number of halogens is 1. The van der Waals surface area contributed by atoms with Gasteiger partial charge in [-0.1, -0.05) is 69.3 Å². The second-order valence-corrected chi connectivity index (χ2v) is 6.73. The van der Waals surface area contributed by atoms with Gasteiger partial charge in [0.25, 0.3) is 0 Å². The standard InChI is InChI=1S/C18H28ClNO/c1-14(2)20-13-18(16-11-7-8-12-17(16)19)21-15-9-5-3-4-6-10-15/h7-8,11-12,14-15,18,20H,3-6,9-10,13H2,1-2H3. The summed E-state index contributed by atoms with van der Waals surface area (Å²) in [7, 11) is 0. The lowest BCUT2D eigenvalue weighted by Gasteiger charge is -2.26. The molecule has 1 aliphatic carbocycles. The van der Waals surface area contributed by atoms with Gasteiger partial charge in [0.05, 0.1) is 12.2 Å². The topological polar surface area (TPSA) is 21.3 Å². The summed E-state index contributed by atoms with van der Waals surface area (Å²) in [5, 5.41) is 4.30. The van der Waals surface area contributed by atoms with E-state index in [1.54, 1.807) is 0 Å². The first-order valence-corrected chi connectivity index (χ1v) is 8.68. The lowest BCUT2D eigenvalue weighted by molar-refractivity contribution is -0.0208. The highest BCUT2D eigenvalue weighted by molar-refractivity contribution is 6.31. The van der Waals surface area contributed by atoms with Crippen molar-refractivity contribution >= 4 is 11.6 Å². The molecular weight excluding hydrogens is 282 g/mol. The average Bonchev–Trinajstić information content (AvgIpc) is 2.72. The number of ether oxygens (including phenoxy) is 1. The zero-order valence-corrected chi connectivity index (χ0v) is 14.0. The molecule has 0 saturated heterocycles. The maximum absolute atomic E-state index is 6.44. The lowest BCUT2D eigenvalue weighted by Crippen LogP contribution is -2.31. The van der Waals surface area contributed by atoms with Crippen molar-refractivity contribution in [3.05, 3.63) is 34.9 Å². The normalized spacial score (nSPS) is 18.7. The SMILES string of the molecule is CC(C)NCC(OC1CCCCCC1)c1ccccc1Cl. The van der Waals surface area contributed by atoms with E-state index in [0.717, 1.165) is 17.1 Å². The van der Waals surface area contributed by atoms with Crippen LogP contribution in [0.25, 0.3) is 0 Å². The molecule has 1 aromatic carbocycles. The third kappa shape index (κ3) is 5.61. The molecule has 1 saturated carbocycles. The highest BCUT2D eigenvalue weighted by Crippen LogP contribution is 2.30. The zero-order chi connectivity index (χ0) is 15.1. The molecule has 2 rings (SSSR count). The molecule has 0 spiro atoms. The van der Waals surface area contributed by atoms with Crippen LogP contribution in [0.5, 0.6) is 0 Å². The number of rotatable bonds is 6. The van der Waals surface area contributed by atoms with Crippen LogP contribution in [0.2, 0.25) is 5.02 Å². The minimum atomic E-state index is 0.0456. The van der Waals surface area contributed by atoms with Crippen molar-refractivity contribution in [1.82, 2.24) is 5.32 Å². The molecule has 1 unspecified atom stereocenters. The van der Waals surface area contributed by atoms with Gasteiger partial charge < -0.3 is 10.1 Å². The molecule has 0 aromatic heterocycles. The van der Waals surface area contributed by atoms with Crippen molar-refractivity contribution in [2.45, 2.75) is 70.6 Å². The van der Waals surface area contributed by atoms with Crippen molar-refractivity contribution in [2.24, 2.45) is 0 Å². The first-order valence-electron chi connectivity index (χ1n) is 8.30. The summed E-state index contributed by atoms with van der Waals surface area (Å²) in [6, 6.07) is 8.51. The predicted molar refractivity (Wildman–Crippen MR) is 89.9 cm³/mol. The molecule has 1 N–H and O–H groups in total. The third-order valence-electron chi connectivity index (χ3n) is 4.12. The molecule has 1 aliphatic rings. The summed E-state index contributed by atoms with van der Waals surface area (Å²) in [6.07, 6.45) is 8.06. The zero-order valence-electron chi connectivity index (χ0n) is 13.3. The summed E-state index contributed by atoms with van der Waals surface area (Å²) < 4.78 is 6.44. The summed E-state index contributed by atoms with van der Waals surface area (Å²) in [4.78, 5) is 0. The summed E-state index contributed by atoms with van der Waals surface area (Å²) in [5.41, 5.74) is 1.11. The fourth-order valence-corrected chi connectivity index (χ4v) is 3.18. The van der Waals surface area contributed by atoms with E-state index in [1.165, 1.54) is 38.5 Å². The van der Waals surface area contributed by atoms with E-state index in [4.69, 9.17) is 16.3 Å². The smallest absolute Gasteiger partial charge is 0.0967 e. The van der Waals surface area contributed by atoms with Gasteiger partial charge in [-0.05, 0) is 18.9 Å². The summed E-state index contributed by atoms with van der Waals surface area (Å²) >= 11 is 6.38. The lowest BCUT2D eigenvalue weighted by atomic mass is 10.1. The minimum absolute atomic E-state index is 0.0456. The molecule has 0 radical (unpaired) electrons. The highest BCUT2D eigenvalue weighted by atomic mass is 35.5. The van der Waals surface area contributed by atoms with Crippen LogP contribution in [0.1, 0.15) is 64.0 Å². The van der Waals surface area contributed by atoms with E-state index < -0.39 is 0 Å². The Balaban J connectivity index is 2.06. The first kappa shape index (κ1) is 16.8. The molecule has 0 bridgehead atoms. The largest absolute Gasteiger partial charge is 0.369 e. The Kier molecular flexibility index (Phi) is 7.01. The van der Waals surface area contributed by atoms with Crippen molar-refractivity contribution in [1.29, 1.82) is 0 Å². The van der Waals surface area contributed by atoms with E-state index in [0.29, 0.717) is 12.1 Å². The van der Waals surface area contributed by atoms with Gasteiger partial charge in [-0.3, -0.25) is 0 Å². The van der Waals surface area contributed by atoms with Crippen molar-refractivity contribution in [3.63, 3.8) is 0 Å². The molecule has 0 heterocycles. The number of nitrogens with one attached hydrogen (secondary N) is 1. The molecule has 1 atom stereocenters. The number of benzene rings is 1. The molecule has 21 heavy (non-hydrogen) atoms. The van der Waals surface area contributed by atoms with Crippen LogP contribution < -0.4 is 5.32 Å². The Morgan fingerprint density at radius 1 is 1.14 bits per heavy atom. The molecule has 2 nitrogen and oxygen atoms in total. The van der Waals surface area contributed by atoms with Crippen LogP contribution in [0.15, 0.2) is 24.3 Å². The molecular formula is C18H28ClNO. The van der Waals surface area contributed by atoms with Gasteiger partial charge >= 0.3 is 0 Å². The van der Waals surface area contributed by atoms with Gasteiger partial charge in [0.1, 0.15) is 0 Å². The molecule has 1 aromatic rings. The second kappa shape index (κ2) is 8.77. The van der Waals surface area contributed by atoms with Crippen LogP contribution in [-0.2, 0) is 4.74 Å². The third-order valence-corrected chi connectivity index (χ3v) is 4.47. The van der Waals surface area contributed by atoms with Gasteiger partial charge in [-0.2, -0.15) is 0 Å². The van der Waals surface area contributed by atoms with Gasteiger partial charge in [-0.15, -0.1) is 0 Å². The van der Waals surface area contributed by atoms with E-state index >= 15 is 0 Å². The van der Waals surface area contributed by atoms with E-state index in [2.05, 4.69) is 25.2 Å². The Bertz CT molecular complexity index is 413. The Morgan fingerprint density at radius 3 is 2.43 bits per heavy atom. The van der Waals surface area contributed by atoms with Crippen LogP contribution in [0.4, 0.5) is 0 Å². The van der Waals surface area contributed by atoms with Crippen molar-refractivity contribution < 1.29 is 4.74 Å². The molecule has 118 valence electrons. The minimum Gasteiger partial charge on any atom is -0.369 e. The highest BCUT2D eigenvalue weighted by Gasteiger charge is 2.21. The molecule has 1 fully saturated rings. The fourth-order valence-electron chi connectivity index (χ4n) is 2.92. The van der Waals surface area contributed by atoms with Crippen molar-refractivity contribution in [2.75, 3.05) is 6.54 Å². The quantitative estimate of drug-likeness (QED) is 0.736. The number of hydrogen-bond donors (Lipinski definition) is 1. The van der Waals surface area contributed by atoms with E-state index in [1.807, 2.05) is 18.2 Å². The Morgan fingerprint density at radius 2 is 1.81 bits per heavy atom. The maximum Gasteiger partial charge on any atom is 0.0967 e. The summed E-state index contributed by atoms with van der Waals surface area (Å²) in [5.74, 6) is 0. The Labute approximate surface area is 134 Å². The second-order valence-electron chi connectivity index (χ2n) is 6.32. The number of hydrogen-bond acceptors (Lipinski definition) is 2. The van der Waals surface area contributed by atoms with Crippen LogP contribution >= 0.6 is 11.6 Å². The van der Waals surface area contributed by atoms with Gasteiger partial charge in [0.15, 0.2) is 0 Å². The Hall–Kier alpha value is -0.570. The van der Waals surface area contributed by atoms with Crippen LogP contribution in [0, 0.1) is 0 Å². The van der Waals surface area contributed by atoms with Crippen LogP contribution in [0.3, 0.4) is 0 Å². The van der Waals surface area contributed by atoms with E-state index in [-0.39, 0.29) is 6.10 Å². The summed E-state index contributed by atoms with van der Waals surface area (Å²) in [6.45, 7) is 5.14. The van der Waals surface area contributed by atoms with Gasteiger partial charge in [-0.25, -0.2) is 0 Å². The molecule has 0 aliphatic heterocycles. The average molecular weight is 310 g/mol. The van der Waals surface area contributed by atoms with Crippen LogP contribution in [-0.4, -0.2) is 18.7 Å². The molecule has 0 amide bonds. The van der Waals surface area contributed by atoms with Gasteiger partial charge in [0.2, 0.25) is 0 Å². The monoisotopic (exact) mass is 309 g/mol. The fraction of sp³-hybridized carbons (Fsp3) is 0.667. The van der Waals surface area contributed by atoms with Gasteiger partial charge in [0, 0.05) is 23.2 Å². The first-order chi connectivity index (χ1) is 10.2. The van der Waals surface area contributed by atoms with E-state index in [9.17, 15) is 0 Å². The maximum atomic E-state index is 6.44. The predicted octanol–water partition coefficient (Wildman–Crippen LogP) is 5.12. The molecule has 3 heteroatoms.